The van der Waals surface area contributed by atoms with Gasteiger partial charge in [0.1, 0.15) is 0 Å². The average molecular weight is 537 g/mol. The van der Waals surface area contributed by atoms with Crippen LogP contribution in [0.4, 0.5) is 0 Å². The minimum atomic E-state index is -0.381. The molecule has 0 N–H and O–H groups in total. The monoisotopic (exact) mass is 536 g/mol. The van der Waals surface area contributed by atoms with Gasteiger partial charge in [-0.2, -0.15) is 5.26 Å². The van der Waals surface area contributed by atoms with Gasteiger partial charge in [0.05, 0.1) is 11.5 Å². The van der Waals surface area contributed by atoms with Crippen LogP contribution >= 0.6 is 12.4 Å². The molecule has 1 fully saturated rings. The normalized spacial score (nSPS) is 16.5. The van der Waals surface area contributed by atoms with Gasteiger partial charge in [-0.05, 0) is 71.5 Å². The first-order valence-corrected chi connectivity index (χ1v) is 14.4. The summed E-state index contributed by atoms with van der Waals surface area (Å²) in [6.45, 7) is 7.81. The van der Waals surface area contributed by atoms with Crippen LogP contribution in [-0.4, -0.2) is 24.5 Å². The molecule has 3 aromatic carbocycles. The van der Waals surface area contributed by atoms with Gasteiger partial charge in [-0.1, -0.05) is 123 Å². The first kappa shape index (κ1) is 28.9. The molecule has 1 saturated heterocycles. The lowest BCUT2D eigenvalue weighted by molar-refractivity contribution is 0.248. The molecule has 3 aromatic rings. The van der Waals surface area contributed by atoms with Crippen LogP contribution in [0.5, 0.6) is 0 Å². The SMILES string of the molecule is CC(C)C(C#N)(CCCCCN1CCC(=C2c3ccccc3C=Cc3ccccc32)CC1)c1ccccc1.Cl. The Morgan fingerprint density at radius 1 is 0.769 bits per heavy atom. The van der Waals surface area contributed by atoms with E-state index in [9.17, 15) is 5.26 Å². The van der Waals surface area contributed by atoms with Crippen LogP contribution in [0.1, 0.15) is 80.2 Å². The number of fused-ring (bicyclic) bond motifs is 2. The summed E-state index contributed by atoms with van der Waals surface area (Å²) in [6, 6.07) is 30.8. The highest BCUT2D eigenvalue weighted by Gasteiger charge is 2.35. The molecule has 0 radical (unpaired) electrons. The van der Waals surface area contributed by atoms with E-state index < -0.39 is 0 Å². The van der Waals surface area contributed by atoms with Crippen LogP contribution in [-0.2, 0) is 5.41 Å². The molecule has 1 atom stereocenters. The molecule has 0 saturated carbocycles. The topological polar surface area (TPSA) is 27.0 Å². The van der Waals surface area contributed by atoms with Crippen molar-refractivity contribution < 1.29 is 0 Å². The van der Waals surface area contributed by atoms with Crippen molar-refractivity contribution in [3.8, 4) is 6.07 Å². The number of nitriles is 1. The van der Waals surface area contributed by atoms with E-state index in [1.54, 1.807) is 5.57 Å². The molecule has 3 heteroatoms. The third-order valence-electron chi connectivity index (χ3n) is 8.74. The zero-order chi connectivity index (χ0) is 26.4. The van der Waals surface area contributed by atoms with Crippen molar-refractivity contribution in [2.45, 2.75) is 57.8 Å². The molecule has 2 aliphatic rings. The highest BCUT2D eigenvalue weighted by atomic mass is 35.5. The third-order valence-corrected chi connectivity index (χ3v) is 8.74. The molecule has 0 bridgehead atoms. The Balaban J connectivity index is 0.00000353. The molecule has 1 heterocycles. The van der Waals surface area contributed by atoms with E-state index in [4.69, 9.17) is 0 Å². The second kappa shape index (κ2) is 13.3. The fraction of sp³-hybridized carbons (Fsp3) is 0.361. The first-order chi connectivity index (χ1) is 18.6. The summed E-state index contributed by atoms with van der Waals surface area (Å²) < 4.78 is 0. The summed E-state index contributed by atoms with van der Waals surface area (Å²) in [4.78, 5) is 2.65. The van der Waals surface area contributed by atoms with E-state index in [0.717, 1.165) is 45.3 Å². The fourth-order valence-electron chi connectivity index (χ4n) is 6.41. The Morgan fingerprint density at radius 3 is 1.90 bits per heavy atom. The molecular formula is C36H41ClN2. The number of halogens is 1. The molecule has 1 aliphatic carbocycles. The Morgan fingerprint density at radius 2 is 1.33 bits per heavy atom. The number of unbranched alkanes of at least 4 members (excludes halogenated alkanes) is 2. The van der Waals surface area contributed by atoms with E-state index in [-0.39, 0.29) is 17.8 Å². The Labute approximate surface area is 241 Å². The van der Waals surface area contributed by atoms with Crippen LogP contribution in [0.25, 0.3) is 17.7 Å². The van der Waals surface area contributed by atoms with Crippen molar-refractivity contribution in [2.24, 2.45) is 5.92 Å². The van der Waals surface area contributed by atoms with Crippen LogP contribution in [0.2, 0.25) is 0 Å². The molecule has 0 aromatic heterocycles. The number of hydrogen-bond acceptors (Lipinski definition) is 2. The van der Waals surface area contributed by atoms with Crippen LogP contribution < -0.4 is 0 Å². The molecule has 0 amide bonds. The summed E-state index contributed by atoms with van der Waals surface area (Å²) in [5.41, 5.74) is 9.24. The van der Waals surface area contributed by atoms with Gasteiger partial charge in [-0.25, -0.2) is 0 Å². The van der Waals surface area contributed by atoms with E-state index >= 15 is 0 Å². The molecular weight excluding hydrogens is 496 g/mol. The number of benzene rings is 3. The van der Waals surface area contributed by atoms with Crippen molar-refractivity contribution in [2.75, 3.05) is 19.6 Å². The van der Waals surface area contributed by atoms with Crippen molar-refractivity contribution in [3.05, 3.63) is 112 Å². The maximum absolute atomic E-state index is 10.2. The molecule has 0 spiro atoms. The number of likely N-dealkylation sites (tertiary alicyclic amines) is 1. The first-order valence-electron chi connectivity index (χ1n) is 14.4. The van der Waals surface area contributed by atoms with E-state index in [1.807, 2.05) is 6.07 Å². The Hall–Kier alpha value is -3.12. The standard InChI is InChI=1S/C36H40N2.ClH/c1-28(2)36(27-37,32-15-5-3-6-16-32)23-11-4-12-24-38-25-21-31(22-26-38)35-33-17-9-7-13-29(33)19-20-30-14-8-10-18-34(30)35;/h3,5-10,13-20,28H,4,11-12,21-26H2,1-2H3;1H. The van der Waals surface area contributed by atoms with Crippen LogP contribution in [0.15, 0.2) is 84.4 Å². The lowest BCUT2D eigenvalue weighted by Crippen LogP contribution is -2.32. The number of piperidine rings is 1. The number of rotatable bonds is 8. The molecule has 1 unspecified atom stereocenters. The molecule has 1 aliphatic heterocycles. The average Bonchev–Trinajstić information content (AvgIpc) is 3.13. The number of nitrogens with zero attached hydrogens (tertiary/aromatic N) is 2. The van der Waals surface area contributed by atoms with Crippen molar-refractivity contribution in [1.29, 1.82) is 5.26 Å². The maximum atomic E-state index is 10.2. The smallest absolute Gasteiger partial charge is 0.0845 e. The zero-order valence-electron chi connectivity index (χ0n) is 23.4. The lowest BCUT2D eigenvalue weighted by atomic mass is 9.69. The Bertz CT molecular complexity index is 1290. The molecule has 39 heavy (non-hydrogen) atoms. The molecule has 2 nitrogen and oxygen atoms in total. The summed E-state index contributed by atoms with van der Waals surface area (Å²) in [5.74, 6) is 0.304. The quantitative estimate of drug-likeness (QED) is 0.210. The minimum absolute atomic E-state index is 0. The predicted molar refractivity (Wildman–Crippen MR) is 168 cm³/mol. The summed E-state index contributed by atoms with van der Waals surface area (Å²) in [6.07, 6.45) is 11.2. The lowest BCUT2D eigenvalue weighted by Gasteiger charge is -2.32. The second-order valence-corrected chi connectivity index (χ2v) is 11.2. The van der Waals surface area contributed by atoms with E-state index in [0.29, 0.717) is 5.92 Å². The highest BCUT2D eigenvalue weighted by molar-refractivity contribution is 5.94. The van der Waals surface area contributed by atoms with Crippen molar-refractivity contribution in [1.82, 2.24) is 4.90 Å². The fourth-order valence-corrected chi connectivity index (χ4v) is 6.41. The molecule has 202 valence electrons. The van der Waals surface area contributed by atoms with Gasteiger partial charge in [-0.15, -0.1) is 12.4 Å². The van der Waals surface area contributed by atoms with E-state index in [2.05, 4.69) is 110 Å². The highest BCUT2D eigenvalue weighted by Crippen LogP contribution is 2.39. The van der Waals surface area contributed by atoms with Gasteiger partial charge in [0.2, 0.25) is 0 Å². The van der Waals surface area contributed by atoms with Crippen molar-refractivity contribution >= 4 is 30.1 Å². The van der Waals surface area contributed by atoms with Gasteiger partial charge in [-0.3, -0.25) is 0 Å². The maximum Gasteiger partial charge on any atom is 0.0845 e. The van der Waals surface area contributed by atoms with Gasteiger partial charge >= 0.3 is 0 Å². The number of hydrogen-bond donors (Lipinski definition) is 0. The summed E-state index contributed by atoms with van der Waals surface area (Å²) >= 11 is 0. The second-order valence-electron chi connectivity index (χ2n) is 11.2. The summed E-state index contributed by atoms with van der Waals surface area (Å²) in [5, 5.41) is 10.2. The van der Waals surface area contributed by atoms with Crippen LogP contribution in [0, 0.1) is 17.2 Å². The zero-order valence-corrected chi connectivity index (χ0v) is 24.2. The van der Waals surface area contributed by atoms with Gasteiger partial charge < -0.3 is 4.90 Å². The van der Waals surface area contributed by atoms with Crippen molar-refractivity contribution in [3.63, 3.8) is 0 Å². The van der Waals surface area contributed by atoms with Gasteiger partial charge in [0, 0.05) is 13.1 Å². The van der Waals surface area contributed by atoms with Crippen LogP contribution in [0.3, 0.4) is 0 Å². The predicted octanol–water partition coefficient (Wildman–Crippen LogP) is 9.17. The largest absolute Gasteiger partial charge is 0.303 e. The third kappa shape index (κ3) is 6.22. The Kier molecular flexibility index (Phi) is 9.84. The van der Waals surface area contributed by atoms with Gasteiger partial charge in [0.15, 0.2) is 0 Å². The molecule has 5 rings (SSSR count). The summed E-state index contributed by atoms with van der Waals surface area (Å²) in [7, 11) is 0. The van der Waals surface area contributed by atoms with Gasteiger partial charge in [0.25, 0.3) is 0 Å². The minimum Gasteiger partial charge on any atom is -0.303 e. The van der Waals surface area contributed by atoms with E-state index in [1.165, 1.54) is 46.2 Å².